The van der Waals surface area contributed by atoms with Crippen molar-refractivity contribution in [1.29, 1.82) is 0 Å². The number of nitrogen functional groups attached to an aromatic ring is 1. The second-order valence-electron chi connectivity index (χ2n) is 3.52. The number of thiophene rings is 1. The summed E-state index contributed by atoms with van der Waals surface area (Å²) in [7, 11) is 0. The molecule has 0 spiro atoms. The van der Waals surface area contributed by atoms with E-state index in [4.69, 9.17) is 17.3 Å². The average Bonchev–Trinajstić information content (AvgIpc) is 2.74. The van der Waals surface area contributed by atoms with E-state index in [1.54, 1.807) is 11.3 Å². The zero-order chi connectivity index (χ0) is 10.8. The molecule has 2 rings (SSSR count). The number of hydrogen-bond donors (Lipinski definition) is 1. The fourth-order valence-electron chi connectivity index (χ4n) is 1.51. The Bertz CT molecular complexity index is 451. The van der Waals surface area contributed by atoms with E-state index in [0.29, 0.717) is 16.6 Å². The maximum Gasteiger partial charge on any atom is 0.0638 e. The molecule has 1 unspecified atom stereocenters. The van der Waals surface area contributed by atoms with Crippen molar-refractivity contribution in [3.63, 3.8) is 0 Å². The first-order valence-corrected chi connectivity index (χ1v) is 6.02. The summed E-state index contributed by atoms with van der Waals surface area (Å²) in [5.41, 5.74) is 7.52. The highest BCUT2D eigenvalue weighted by Crippen LogP contribution is 2.30. The van der Waals surface area contributed by atoms with Crippen LogP contribution < -0.4 is 5.73 Å². The van der Waals surface area contributed by atoms with Crippen molar-refractivity contribution < 1.29 is 0 Å². The predicted octanol–water partition coefficient (Wildman–Crippen LogP) is 4.14. The summed E-state index contributed by atoms with van der Waals surface area (Å²) in [6, 6.07) is 10.0. The van der Waals surface area contributed by atoms with Gasteiger partial charge in [0.05, 0.1) is 10.7 Å². The molecule has 1 heterocycles. The molecule has 2 N–H and O–H groups in total. The van der Waals surface area contributed by atoms with E-state index < -0.39 is 0 Å². The Hall–Kier alpha value is -0.990. The summed E-state index contributed by atoms with van der Waals surface area (Å²) in [5, 5.41) is 2.72. The van der Waals surface area contributed by atoms with Crippen LogP contribution in [-0.2, 0) is 0 Å². The van der Waals surface area contributed by atoms with Crippen LogP contribution in [0.1, 0.15) is 23.3 Å². The lowest BCUT2D eigenvalue weighted by atomic mass is 9.99. The monoisotopic (exact) mass is 237 g/mol. The van der Waals surface area contributed by atoms with E-state index in [0.717, 1.165) is 0 Å². The quantitative estimate of drug-likeness (QED) is 0.781. The molecule has 78 valence electrons. The smallest absolute Gasteiger partial charge is 0.0638 e. The molecule has 1 aromatic heterocycles. The SMILES string of the molecule is CC(c1ccc(N)c(Cl)c1)c1cccs1. The Morgan fingerprint density at radius 1 is 1.33 bits per heavy atom. The summed E-state index contributed by atoms with van der Waals surface area (Å²) in [6.45, 7) is 2.17. The van der Waals surface area contributed by atoms with Crippen LogP contribution in [0.2, 0.25) is 5.02 Å². The van der Waals surface area contributed by atoms with Gasteiger partial charge < -0.3 is 5.73 Å². The molecule has 0 bridgehead atoms. The molecular formula is C12H12ClNS. The van der Waals surface area contributed by atoms with Crippen molar-refractivity contribution in [1.82, 2.24) is 0 Å². The van der Waals surface area contributed by atoms with Crippen LogP contribution in [0.4, 0.5) is 5.69 Å². The summed E-state index contributed by atoms with van der Waals surface area (Å²) in [6.07, 6.45) is 0. The van der Waals surface area contributed by atoms with Gasteiger partial charge in [0.25, 0.3) is 0 Å². The van der Waals surface area contributed by atoms with Crippen molar-refractivity contribution in [3.05, 3.63) is 51.2 Å². The number of benzene rings is 1. The summed E-state index contributed by atoms with van der Waals surface area (Å²) < 4.78 is 0. The van der Waals surface area contributed by atoms with E-state index in [1.165, 1.54) is 10.4 Å². The van der Waals surface area contributed by atoms with Crippen LogP contribution in [0.25, 0.3) is 0 Å². The van der Waals surface area contributed by atoms with E-state index in [9.17, 15) is 0 Å². The highest BCUT2D eigenvalue weighted by molar-refractivity contribution is 7.10. The lowest BCUT2D eigenvalue weighted by Gasteiger charge is -2.10. The Morgan fingerprint density at radius 2 is 2.13 bits per heavy atom. The fraction of sp³-hybridized carbons (Fsp3) is 0.167. The van der Waals surface area contributed by atoms with Gasteiger partial charge in [-0.05, 0) is 29.1 Å². The minimum absolute atomic E-state index is 0.378. The molecule has 0 radical (unpaired) electrons. The maximum absolute atomic E-state index is 6.00. The maximum atomic E-state index is 6.00. The standard InChI is InChI=1S/C12H12ClNS/c1-8(12-3-2-6-15-12)9-4-5-11(14)10(13)7-9/h2-8H,14H2,1H3. The van der Waals surface area contributed by atoms with E-state index >= 15 is 0 Å². The van der Waals surface area contributed by atoms with Gasteiger partial charge >= 0.3 is 0 Å². The average molecular weight is 238 g/mol. The number of halogens is 1. The van der Waals surface area contributed by atoms with E-state index in [-0.39, 0.29) is 0 Å². The van der Waals surface area contributed by atoms with Crippen molar-refractivity contribution >= 4 is 28.6 Å². The van der Waals surface area contributed by atoms with Crippen LogP contribution >= 0.6 is 22.9 Å². The second-order valence-corrected chi connectivity index (χ2v) is 4.90. The van der Waals surface area contributed by atoms with Crippen molar-refractivity contribution in [2.45, 2.75) is 12.8 Å². The van der Waals surface area contributed by atoms with Crippen molar-refractivity contribution in [2.24, 2.45) is 0 Å². The highest BCUT2D eigenvalue weighted by Gasteiger charge is 2.10. The molecular weight excluding hydrogens is 226 g/mol. The van der Waals surface area contributed by atoms with Crippen LogP contribution in [0.15, 0.2) is 35.7 Å². The predicted molar refractivity (Wildman–Crippen MR) is 67.7 cm³/mol. The first-order chi connectivity index (χ1) is 7.18. The van der Waals surface area contributed by atoms with Gasteiger partial charge in [-0.1, -0.05) is 30.7 Å². The molecule has 1 aromatic carbocycles. The molecule has 0 aliphatic carbocycles. The number of rotatable bonds is 2. The molecule has 0 saturated heterocycles. The largest absolute Gasteiger partial charge is 0.398 e. The molecule has 2 aromatic rings. The minimum Gasteiger partial charge on any atom is -0.398 e. The van der Waals surface area contributed by atoms with Gasteiger partial charge in [0, 0.05) is 10.8 Å². The number of nitrogens with two attached hydrogens (primary N) is 1. The van der Waals surface area contributed by atoms with Gasteiger partial charge in [0.1, 0.15) is 0 Å². The van der Waals surface area contributed by atoms with Gasteiger partial charge in [-0.25, -0.2) is 0 Å². The minimum atomic E-state index is 0.378. The summed E-state index contributed by atoms with van der Waals surface area (Å²) >= 11 is 7.76. The molecule has 0 fully saturated rings. The Kier molecular flexibility index (Phi) is 2.98. The highest BCUT2D eigenvalue weighted by atomic mass is 35.5. The third kappa shape index (κ3) is 2.16. The first-order valence-electron chi connectivity index (χ1n) is 4.77. The van der Waals surface area contributed by atoms with Gasteiger partial charge in [-0.15, -0.1) is 11.3 Å². The Morgan fingerprint density at radius 3 is 2.73 bits per heavy atom. The first kappa shape index (κ1) is 10.5. The van der Waals surface area contributed by atoms with Crippen LogP contribution in [0, 0.1) is 0 Å². The van der Waals surface area contributed by atoms with Gasteiger partial charge in [-0.3, -0.25) is 0 Å². The third-order valence-corrected chi connectivity index (χ3v) is 3.88. The van der Waals surface area contributed by atoms with Crippen LogP contribution in [-0.4, -0.2) is 0 Å². The van der Waals surface area contributed by atoms with Gasteiger partial charge in [0.15, 0.2) is 0 Å². The molecule has 1 nitrogen and oxygen atoms in total. The number of hydrogen-bond acceptors (Lipinski definition) is 2. The second kappa shape index (κ2) is 4.25. The van der Waals surface area contributed by atoms with E-state index in [1.807, 2.05) is 18.2 Å². The lowest BCUT2D eigenvalue weighted by Crippen LogP contribution is -1.94. The zero-order valence-corrected chi connectivity index (χ0v) is 9.98. The Labute approximate surface area is 98.5 Å². The van der Waals surface area contributed by atoms with Crippen LogP contribution in [0.5, 0.6) is 0 Å². The zero-order valence-electron chi connectivity index (χ0n) is 8.41. The van der Waals surface area contributed by atoms with Gasteiger partial charge in [-0.2, -0.15) is 0 Å². The summed E-state index contributed by atoms with van der Waals surface area (Å²) in [4.78, 5) is 1.34. The molecule has 0 aliphatic rings. The molecule has 1 atom stereocenters. The van der Waals surface area contributed by atoms with Crippen molar-refractivity contribution in [3.8, 4) is 0 Å². The van der Waals surface area contributed by atoms with E-state index in [2.05, 4.69) is 24.4 Å². The number of anilines is 1. The lowest BCUT2D eigenvalue weighted by molar-refractivity contribution is 0.948. The van der Waals surface area contributed by atoms with Gasteiger partial charge in [0.2, 0.25) is 0 Å². The molecule has 0 amide bonds. The van der Waals surface area contributed by atoms with Crippen LogP contribution in [0.3, 0.4) is 0 Å². The molecule has 0 aliphatic heterocycles. The molecule has 15 heavy (non-hydrogen) atoms. The third-order valence-electron chi connectivity index (χ3n) is 2.49. The molecule has 3 heteroatoms. The summed E-state index contributed by atoms with van der Waals surface area (Å²) in [5.74, 6) is 0.378. The molecule has 0 saturated carbocycles. The topological polar surface area (TPSA) is 26.0 Å². The van der Waals surface area contributed by atoms with Crippen molar-refractivity contribution in [2.75, 3.05) is 5.73 Å². The normalized spacial score (nSPS) is 12.7. The Balaban J connectivity index is 2.34. The fourth-order valence-corrected chi connectivity index (χ4v) is 2.52.